The second kappa shape index (κ2) is 6.62. The van der Waals surface area contributed by atoms with Gasteiger partial charge in [-0.3, -0.25) is 0 Å². The van der Waals surface area contributed by atoms with Crippen molar-refractivity contribution in [2.45, 2.75) is 20.8 Å². The topological polar surface area (TPSA) is 62.7 Å². The van der Waals surface area contributed by atoms with Crippen molar-refractivity contribution in [1.29, 1.82) is 0 Å². The number of aryl methyl sites for hydroxylation is 3. The molecule has 122 valence electrons. The van der Waals surface area contributed by atoms with Gasteiger partial charge < -0.3 is 10.6 Å². The minimum Gasteiger partial charge on any atom is -0.338 e. The second-order valence-electron chi connectivity index (χ2n) is 5.70. The van der Waals surface area contributed by atoms with Crippen LogP contribution in [0.2, 0.25) is 0 Å². The average molecular weight is 323 g/mol. The molecule has 6 heteroatoms. The van der Waals surface area contributed by atoms with E-state index in [1.807, 2.05) is 13.8 Å². The van der Waals surface area contributed by atoms with Crippen molar-refractivity contribution < 1.29 is 4.39 Å². The van der Waals surface area contributed by atoms with Gasteiger partial charge in [0.2, 0.25) is 5.95 Å². The van der Waals surface area contributed by atoms with E-state index >= 15 is 0 Å². The first-order valence-corrected chi connectivity index (χ1v) is 7.58. The second-order valence-corrected chi connectivity index (χ2v) is 5.70. The molecule has 0 saturated carbocycles. The lowest BCUT2D eigenvalue weighted by Gasteiger charge is -2.13. The molecule has 0 aliphatic heterocycles. The summed E-state index contributed by atoms with van der Waals surface area (Å²) in [5.41, 5.74) is 5.04. The highest BCUT2D eigenvalue weighted by molar-refractivity contribution is 5.65. The van der Waals surface area contributed by atoms with Crippen LogP contribution < -0.4 is 10.6 Å². The summed E-state index contributed by atoms with van der Waals surface area (Å²) < 4.78 is 13.2. The fraction of sp³-hybridized carbons (Fsp3) is 0.167. The van der Waals surface area contributed by atoms with Gasteiger partial charge in [0, 0.05) is 11.4 Å². The summed E-state index contributed by atoms with van der Waals surface area (Å²) in [4.78, 5) is 4.38. The summed E-state index contributed by atoms with van der Waals surface area (Å²) in [5.74, 6) is 0.542. The summed E-state index contributed by atoms with van der Waals surface area (Å²) in [7, 11) is 0. The minimum atomic E-state index is -0.326. The zero-order chi connectivity index (χ0) is 17.1. The predicted octanol–water partition coefficient (Wildman–Crippen LogP) is 4.42. The van der Waals surface area contributed by atoms with Gasteiger partial charge in [-0.1, -0.05) is 23.8 Å². The zero-order valence-corrected chi connectivity index (χ0v) is 13.8. The normalized spacial score (nSPS) is 10.5. The highest BCUT2D eigenvalue weighted by Crippen LogP contribution is 2.25. The molecule has 2 aromatic carbocycles. The average Bonchev–Trinajstić information content (AvgIpc) is 2.51. The highest BCUT2D eigenvalue weighted by Gasteiger charge is 2.07. The van der Waals surface area contributed by atoms with Gasteiger partial charge in [-0.25, -0.2) is 4.39 Å². The van der Waals surface area contributed by atoms with Gasteiger partial charge in [0.15, 0.2) is 5.82 Å². The van der Waals surface area contributed by atoms with Gasteiger partial charge in [0.25, 0.3) is 0 Å². The number of nitrogens with zero attached hydrogens (tertiary/aromatic N) is 3. The third-order valence-corrected chi connectivity index (χ3v) is 3.57. The van der Waals surface area contributed by atoms with Gasteiger partial charge in [-0.15, -0.1) is 5.10 Å². The molecule has 0 saturated heterocycles. The Labute approximate surface area is 140 Å². The Morgan fingerprint density at radius 2 is 1.71 bits per heavy atom. The van der Waals surface area contributed by atoms with Crippen molar-refractivity contribution in [3.63, 3.8) is 0 Å². The Morgan fingerprint density at radius 3 is 2.42 bits per heavy atom. The molecule has 3 rings (SSSR count). The molecule has 3 aromatic rings. The third-order valence-electron chi connectivity index (χ3n) is 3.57. The van der Waals surface area contributed by atoms with Crippen LogP contribution in [0.5, 0.6) is 0 Å². The van der Waals surface area contributed by atoms with Crippen LogP contribution >= 0.6 is 0 Å². The van der Waals surface area contributed by atoms with Gasteiger partial charge in [-0.2, -0.15) is 10.1 Å². The number of anilines is 4. The van der Waals surface area contributed by atoms with Gasteiger partial charge >= 0.3 is 0 Å². The number of hydrogen-bond acceptors (Lipinski definition) is 5. The molecular formula is C18H18FN5. The van der Waals surface area contributed by atoms with Crippen LogP contribution in [0, 0.1) is 26.6 Å². The minimum absolute atomic E-state index is 0.299. The van der Waals surface area contributed by atoms with Crippen molar-refractivity contribution in [3.05, 3.63) is 65.1 Å². The van der Waals surface area contributed by atoms with E-state index in [9.17, 15) is 4.39 Å². The first-order chi connectivity index (χ1) is 11.5. The van der Waals surface area contributed by atoms with Crippen LogP contribution in [0.25, 0.3) is 0 Å². The standard InChI is InChI=1S/C18H18FN5/c1-11-7-12(2)17(13(3)8-11)22-16-10-20-24-18(23-16)21-15-6-4-5-14(19)9-15/h4-10H,1-3H3,(H2,21,22,23,24). The van der Waals surface area contributed by atoms with Gasteiger partial charge in [-0.05, 0) is 50.1 Å². The summed E-state index contributed by atoms with van der Waals surface area (Å²) in [5, 5.41) is 14.1. The SMILES string of the molecule is Cc1cc(C)c(Nc2cnnc(Nc3cccc(F)c3)n2)c(C)c1. The molecule has 0 spiro atoms. The van der Waals surface area contributed by atoms with E-state index in [0.717, 1.165) is 16.8 Å². The summed E-state index contributed by atoms with van der Waals surface area (Å²) in [6.07, 6.45) is 1.55. The molecule has 1 heterocycles. The Kier molecular flexibility index (Phi) is 4.37. The largest absolute Gasteiger partial charge is 0.338 e. The Morgan fingerprint density at radius 1 is 0.958 bits per heavy atom. The number of nitrogens with one attached hydrogen (secondary N) is 2. The summed E-state index contributed by atoms with van der Waals surface area (Å²) in [6, 6.07) is 10.3. The number of halogens is 1. The van der Waals surface area contributed by atoms with Crippen molar-refractivity contribution in [2.24, 2.45) is 0 Å². The molecule has 0 aliphatic rings. The van der Waals surface area contributed by atoms with Crippen molar-refractivity contribution in [2.75, 3.05) is 10.6 Å². The first-order valence-electron chi connectivity index (χ1n) is 7.58. The third kappa shape index (κ3) is 3.65. The van der Waals surface area contributed by atoms with E-state index in [4.69, 9.17) is 0 Å². The number of rotatable bonds is 4. The molecule has 24 heavy (non-hydrogen) atoms. The fourth-order valence-corrected chi connectivity index (χ4v) is 2.62. The molecule has 0 radical (unpaired) electrons. The maximum absolute atomic E-state index is 13.2. The lowest BCUT2D eigenvalue weighted by molar-refractivity contribution is 0.628. The Hall–Kier alpha value is -3.02. The number of aromatic nitrogens is 3. The van der Waals surface area contributed by atoms with Crippen LogP contribution in [-0.4, -0.2) is 15.2 Å². The summed E-state index contributed by atoms with van der Waals surface area (Å²) in [6.45, 7) is 6.16. The van der Waals surface area contributed by atoms with E-state index in [-0.39, 0.29) is 5.82 Å². The highest BCUT2D eigenvalue weighted by atomic mass is 19.1. The number of hydrogen-bond donors (Lipinski definition) is 2. The van der Waals surface area contributed by atoms with Crippen LogP contribution in [0.1, 0.15) is 16.7 Å². The van der Waals surface area contributed by atoms with Crippen LogP contribution in [0.15, 0.2) is 42.6 Å². The van der Waals surface area contributed by atoms with Crippen LogP contribution in [-0.2, 0) is 0 Å². The van der Waals surface area contributed by atoms with Gasteiger partial charge in [0.05, 0.1) is 6.20 Å². The maximum atomic E-state index is 13.2. The lowest BCUT2D eigenvalue weighted by atomic mass is 10.1. The zero-order valence-electron chi connectivity index (χ0n) is 13.8. The van der Waals surface area contributed by atoms with Crippen molar-refractivity contribution in [3.8, 4) is 0 Å². The first kappa shape index (κ1) is 15.9. The monoisotopic (exact) mass is 323 g/mol. The predicted molar refractivity (Wildman–Crippen MR) is 93.4 cm³/mol. The Balaban J connectivity index is 1.83. The lowest BCUT2D eigenvalue weighted by Crippen LogP contribution is -2.04. The van der Waals surface area contributed by atoms with Crippen LogP contribution in [0.3, 0.4) is 0 Å². The van der Waals surface area contributed by atoms with E-state index in [1.54, 1.807) is 18.3 Å². The molecule has 1 aromatic heterocycles. The van der Waals surface area contributed by atoms with Crippen molar-refractivity contribution in [1.82, 2.24) is 15.2 Å². The molecule has 0 aliphatic carbocycles. The van der Waals surface area contributed by atoms with E-state index in [0.29, 0.717) is 17.5 Å². The molecule has 0 bridgehead atoms. The van der Waals surface area contributed by atoms with E-state index < -0.39 is 0 Å². The molecule has 0 amide bonds. The maximum Gasteiger partial charge on any atom is 0.249 e. The number of benzene rings is 2. The van der Waals surface area contributed by atoms with E-state index in [2.05, 4.69) is 44.9 Å². The Bertz CT molecular complexity index is 856. The molecule has 0 unspecified atom stereocenters. The molecule has 5 nitrogen and oxygen atoms in total. The summed E-state index contributed by atoms with van der Waals surface area (Å²) >= 11 is 0. The quantitative estimate of drug-likeness (QED) is 0.744. The molecule has 0 fully saturated rings. The fourth-order valence-electron chi connectivity index (χ4n) is 2.62. The van der Waals surface area contributed by atoms with E-state index in [1.165, 1.54) is 17.7 Å². The smallest absolute Gasteiger partial charge is 0.249 e. The van der Waals surface area contributed by atoms with Gasteiger partial charge in [0.1, 0.15) is 5.82 Å². The van der Waals surface area contributed by atoms with Crippen molar-refractivity contribution >= 4 is 23.1 Å². The molecule has 0 atom stereocenters. The molecular weight excluding hydrogens is 305 g/mol. The van der Waals surface area contributed by atoms with Crippen LogP contribution in [0.4, 0.5) is 27.5 Å². The molecule has 2 N–H and O–H groups in total.